The highest BCUT2D eigenvalue weighted by Gasteiger charge is 2.26. The molecule has 0 fully saturated rings. The zero-order valence-corrected chi connectivity index (χ0v) is 16.2. The number of nitrogens with zero attached hydrogens (tertiary/aromatic N) is 2. The fraction of sp³-hybridized carbons (Fsp3) is 0.250. The summed E-state index contributed by atoms with van der Waals surface area (Å²) in [5, 5.41) is 10.7. The second-order valence-electron chi connectivity index (χ2n) is 5.49. The second-order valence-corrected chi connectivity index (χ2v) is 8.28. The third kappa shape index (κ3) is 4.44. The molecule has 10 heteroatoms. The van der Waals surface area contributed by atoms with Gasteiger partial charge in [0.2, 0.25) is 10.0 Å². The van der Waals surface area contributed by atoms with Crippen LogP contribution < -0.4 is 5.73 Å². The SMILES string of the molecule is CCN(CC(N)c1ccc(F)c(Br)c1)S(=O)(=O)c1ccc([N+](=O)[O-])cc1. The van der Waals surface area contributed by atoms with Crippen molar-refractivity contribution in [1.29, 1.82) is 0 Å². The molecule has 2 N–H and O–H groups in total. The van der Waals surface area contributed by atoms with Gasteiger partial charge >= 0.3 is 0 Å². The highest BCUT2D eigenvalue weighted by Crippen LogP contribution is 2.24. The topological polar surface area (TPSA) is 107 Å². The average molecular weight is 446 g/mol. The van der Waals surface area contributed by atoms with E-state index < -0.39 is 26.8 Å². The van der Waals surface area contributed by atoms with Gasteiger partial charge in [-0.1, -0.05) is 13.0 Å². The van der Waals surface area contributed by atoms with E-state index in [-0.39, 0.29) is 28.1 Å². The summed E-state index contributed by atoms with van der Waals surface area (Å²) in [6.07, 6.45) is 0. The Morgan fingerprint density at radius 3 is 2.38 bits per heavy atom. The van der Waals surface area contributed by atoms with E-state index >= 15 is 0 Å². The van der Waals surface area contributed by atoms with E-state index in [2.05, 4.69) is 15.9 Å². The van der Waals surface area contributed by atoms with Crippen LogP contribution in [0, 0.1) is 15.9 Å². The minimum absolute atomic E-state index is 0.0199. The van der Waals surface area contributed by atoms with Gasteiger partial charge in [0, 0.05) is 31.3 Å². The molecular weight excluding hydrogens is 429 g/mol. The molecule has 0 aliphatic rings. The van der Waals surface area contributed by atoms with Crippen molar-refractivity contribution in [2.75, 3.05) is 13.1 Å². The molecule has 7 nitrogen and oxygen atoms in total. The third-order valence-electron chi connectivity index (χ3n) is 3.81. The van der Waals surface area contributed by atoms with Gasteiger partial charge in [-0.05, 0) is 45.8 Å². The molecular formula is C16H17BrFN3O4S. The number of halogens is 2. The van der Waals surface area contributed by atoms with Gasteiger partial charge in [-0.15, -0.1) is 0 Å². The molecule has 0 saturated heterocycles. The Balaban J connectivity index is 2.25. The maximum Gasteiger partial charge on any atom is 0.269 e. The molecule has 0 aliphatic heterocycles. The van der Waals surface area contributed by atoms with Crippen LogP contribution in [-0.2, 0) is 10.0 Å². The van der Waals surface area contributed by atoms with Gasteiger partial charge in [0.1, 0.15) is 5.82 Å². The number of nitro groups is 1. The molecule has 2 aromatic carbocycles. The normalized spacial score (nSPS) is 13.0. The van der Waals surface area contributed by atoms with Crippen molar-refractivity contribution < 1.29 is 17.7 Å². The first-order valence-corrected chi connectivity index (χ1v) is 9.85. The Morgan fingerprint density at radius 1 is 1.27 bits per heavy atom. The van der Waals surface area contributed by atoms with Crippen LogP contribution in [0.5, 0.6) is 0 Å². The molecule has 2 aromatic rings. The van der Waals surface area contributed by atoms with Crippen molar-refractivity contribution in [3.05, 3.63) is 68.4 Å². The van der Waals surface area contributed by atoms with Crippen molar-refractivity contribution in [1.82, 2.24) is 4.31 Å². The van der Waals surface area contributed by atoms with Crippen LogP contribution in [0.25, 0.3) is 0 Å². The first-order chi connectivity index (χ1) is 12.2. The lowest BCUT2D eigenvalue weighted by Crippen LogP contribution is -2.37. The molecule has 1 unspecified atom stereocenters. The number of nitro benzene ring substituents is 1. The van der Waals surface area contributed by atoms with Crippen LogP contribution in [0.1, 0.15) is 18.5 Å². The number of hydrogen-bond donors (Lipinski definition) is 1. The molecule has 0 bridgehead atoms. The lowest BCUT2D eigenvalue weighted by atomic mass is 10.1. The van der Waals surface area contributed by atoms with Gasteiger partial charge < -0.3 is 5.73 Å². The standard InChI is InChI=1S/C16H17BrFN3O4S/c1-2-20(10-16(19)11-3-8-15(18)14(17)9-11)26(24,25)13-6-4-12(5-7-13)21(22)23/h3-9,16H,2,10,19H2,1H3. The molecule has 0 radical (unpaired) electrons. The van der Waals surface area contributed by atoms with Crippen molar-refractivity contribution in [3.63, 3.8) is 0 Å². The predicted molar refractivity (Wildman–Crippen MR) is 98.6 cm³/mol. The molecule has 0 saturated carbocycles. The zero-order valence-electron chi connectivity index (χ0n) is 13.8. The smallest absolute Gasteiger partial charge is 0.269 e. The molecule has 140 valence electrons. The lowest BCUT2D eigenvalue weighted by Gasteiger charge is -2.24. The third-order valence-corrected chi connectivity index (χ3v) is 6.37. The lowest BCUT2D eigenvalue weighted by molar-refractivity contribution is -0.384. The number of hydrogen-bond acceptors (Lipinski definition) is 5. The van der Waals surface area contributed by atoms with E-state index in [9.17, 15) is 22.9 Å². The largest absolute Gasteiger partial charge is 0.323 e. The molecule has 2 rings (SSSR count). The van der Waals surface area contributed by atoms with Crippen molar-refractivity contribution in [2.45, 2.75) is 17.9 Å². The second kappa shape index (κ2) is 8.21. The van der Waals surface area contributed by atoms with Crippen molar-refractivity contribution in [3.8, 4) is 0 Å². The first-order valence-electron chi connectivity index (χ1n) is 7.62. The summed E-state index contributed by atoms with van der Waals surface area (Å²) < 4.78 is 40.3. The van der Waals surface area contributed by atoms with Gasteiger partial charge in [0.25, 0.3) is 5.69 Å². The Bertz CT molecular complexity index is 906. The maximum absolute atomic E-state index is 13.3. The number of nitrogens with two attached hydrogens (primary N) is 1. The van der Waals surface area contributed by atoms with Crippen molar-refractivity contribution >= 4 is 31.6 Å². The molecule has 0 aliphatic carbocycles. The number of rotatable bonds is 7. The monoisotopic (exact) mass is 445 g/mol. The number of non-ortho nitro benzene ring substituents is 1. The van der Waals surface area contributed by atoms with Crippen LogP contribution in [0.3, 0.4) is 0 Å². The van der Waals surface area contributed by atoms with E-state index in [1.807, 2.05) is 0 Å². The van der Waals surface area contributed by atoms with E-state index in [1.54, 1.807) is 6.92 Å². The summed E-state index contributed by atoms with van der Waals surface area (Å²) in [6.45, 7) is 1.81. The fourth-order valence-electron chi connectivity index (χ4n) is 2.35. The minimum Gasteiger partial charge on any atom is -0.323 e. The summed E-state index contributed by atoms with van der Waals surface area (Å²) >= 11 is 3.07. The van der Waals surface area contributed by atoms with E-state index in [1.165, 1.54) is 34.6 Å². The van der Waals surface area contributed by atoms with Crippen LogP contribution in [0.2, 0.25) is 0 Å². The first kappa shape index (κ1) is 20.4. The molecule has 0 aromatic heterocycles. The van der Waals surface area contributed by atoms with Gasteiger partial charge in [-0.25, -0.2) is 12.8 Å². The number of likely N-dealkylation sites (N-methyl/N-ethyl adjacent to an activating group) is 1. The summed E-state index contributed by atoms with van der Waals surface area (Å²) in [4.78, 5) is 10.0. The fourth-order valence-corrected chi connectivity index (χ4v) is 4.23. The molecule has 1 atom stereocenters. The summed E-state index contributed by atoms with van der Waals surface area (Å²) in [7, 11) is -3.87. The average Bonchev–Trinajstić information content (AvgIpc) is 2.61. The van der Waals surface area contributed by atoms with Gasteiger partial charge in [0.15, 0.2) is 0 Å². The minimum atomic E-state index is -3.87. The number of sulfonamides is 1. The van der Waals surface area contributed by atoms with Crippen LogP contribution in [0.4, 0.5) is 10.1 Å². The quantitative estimate of drug-likeness (QED) is 0.519. The Hall–Kier alpha value is -1.88. The number of benzene rings is 2. The van der Waals surface area contributed by atoms with Crippen molar-refractivity contribution in [2.24, 2.45) is 5.73 Å². The van der Waals surface area contributed by atoms with Gasteiger partial charge in [-0.3, -0.25) is 10.1 Å². The maximum atomic E-state index is 13.3. The zero-order chi connectivity index (χ0) is 19.5. The van der Waals surface area contributed by atoms with E-state index in [0.29, 0.717) is 5.56 Å². The molecule has 0 spiro atoms. The van der Waals surface area contributed by atoms with Crippen LogP contribution in [-0.4, -0.2) is 30.7 Å². The summed E-state index contributed by atoms with van der Waals surface area (Å²) in [5.41, 5.74) is 6.48. The Labute approximate surface area is 158 Å². The van der Waals surface area contributed by atoms with E-state index in [4.69, 9.17) is 5.73 Å². The highest BCUT2D eigenvalue weighted by molar-refractivity contribution is 9.10. The predicted octanol–water partition coefficient (Wildman–Crippen LogP) is 3.21. The van der Waals surface area contributed by atoms with Crippen LogP contribution in [0.15, 0.2) is 51.8 Å². The summed E-state index contributed by atoms with van der Waals surface area (Å²) in [6, 6.07) is 8.24. The van der Waals surface area contributed by atoms with Gasteiger partial charge in [0.05, 0.1) is 14.3 Å². The Morgan fingerprint density at radius 2 is 1.88 bits per heavy atom. The Kier molecular flexibility index (Phi) is 6.45. The summed E-state index contributed by atoms with van der Waals surface area (Å²) in [5.74, 6) is -0.438. The van der Waals surface area contributed by atoms with Gasteiger partial charge in [-0.2, -0.15) is 4.31 Å². The van der Waals surface area contributed by atoms with E-state index in [0.717, 1.165) is 12.1 Å². The van der Waals surface area contributed by atoms with Crippen LogP contribution >= 0.6 is 15.9 Å². The molecule has 26 heavy (non-hydrogen) atoms. The highest BCUT2D eigenvalue weighted by atomic mass is 79.9. The molecule has 0 heterocycles. The molecule has 0 amide bonds.